The quantitative estimate of drug-likeness (QED) is 0.411. The molecule has 42 valence electrons. The van der Waals surface area contributed by atoms with Crippen molar-refractivity contribution >= 4 is 23.0 Å². The summed E-state index contributed by atoms with van der Waals surface area (Å²) in [4.78, 5) is 9.82. The Morgan fingerprint density at radius 1 is 1.71 bits per heavy atom. The minimum atomic E-state index is -0.211. The first-order valence-corrected chi connectivity index (χ1v) is 1.90. The van der Waals surface area contributed by atoms with E-state index in [1.807, 2.05) is 0 Å². The van der Waals surface area contributed by atoms with E-state index in [0.29, 0.717) is 6.61 Å². The molecular weight excluding hydrogens is 159 g/mol. The van der Waals surface area contributed by atoms with Gasteiger partial charge in [0.1, 0.15) is 0 Å². The Morgan fingerprint density at radius 2 is 2.14 bits per heavy atom. The molecule has 0 heterocycles. The van der Waals surface area contributed by atoms with Crippen LogP contribution in [-0.2, 0) is 9.53 Å². The van der Waals surface area contributed by atoms with Crippen molar-refractivity contribution in [2.24, 2.45) is 0 Å². The van der Waals surface area contributed by atoms with E-state index in [9.17, 15) is 4.79 Å². The van der Waals surface area contributed by atoms with Crippen molar-refractivity contribution in [1.82, 2.24) is 0 Å². The predicted molar refractivity (Wildman–Crippen MR) is 28.1 cm³/mol. The zero-order chi connectivity index (χ0) is 4.99. The summed E-state index contributed by atoms with van der Waals surface area (Å²) in [6, 6.07) is 0. The van der Waals surface area contributed by atoms with Gasteiger partial charge in [0.2, 0.25) is 0 Å². The van der Waals surface area contributed by atoms with E-state index in [1.54, 1.807) is 6.92 Å². The Balaban J connectivity index is 0. The molecule has 0 amide bonds. The molecule has 0 aliphatic carbocycles. The van der Waals surface area contributed by atoms with Gasteiger partial charge < -0.3 is 4.74 Å². The largest absolute Gasteiger partial charge is 0.466 e. The average Bonchev–Trinajstić information content (AvgIpc) is 1.35. The van der Waals surface area contributed by atoms with Crippen LogP contribution in [0.4, 0.5) is 0 Å². The molecule has 2 radical (unpaired) electrons. The van der Waals surface area contributed by atoms with Crippen molar-refractivity contribution < 1.29 is 9.53 Å². The molecule has 0 aromatic carbocycles. The van der Waals surface area contributed by atoms with Crippen LogP contribution in [0, 0.1) is 0 Å². The van der Waals surface area contributed by atoms with Gasteiger partial charge in [-0.05, 0) is 6.92 Å². The molecule has 0 aliphatic heterocycles. The summed E-state index contributed by atoms with van der Waals surface area (Å²) in [5, 5.41) is 0. The standard InChI is InChI=1S/C4H8O2.Se/c1-3-6-4(2)5;/h3H2,1-2H3;. The maximum absolute atomic E-state index is 9.82. The average molecular weight is 167 g/mol. The molecule has 0 rings (SSSR count). The monoisotopic (exact) mass is 168 g/mol. The van der Waals surface area contributed by atoms with Crippen LogP contribution in [0.5, 0.6) is 0 Å². The first kappa shape index (κ1) is 10.1. The number of esters is 1. The van der Waals surface area contributed by atoms with Gasteiger partial charge in [-0.3, -0.25) is 4.79 Å². The van der Waals surface area contributed by atoms with Crippen LogP contribution in [0.1, 0.15) is 13.8 Å². The molecule has 0 spiro atoms. The summed E-state index contributed by atoms with van der Waals surface area (Å²) in [5.74, 6) is -0.211. The SMILES string of the molecule is CCOC(C)=O.[Se]. The van der Waals surface area contributed by atoms with Crippen LogP contribution >= 0.6 is 0 Å². The third-order valence-corrected chi connectivity index (χ3v) is 0.348. The van der Waals surface area contributed by atoms with Crippen LogP contribution in [0.15, 0.2) is 0 Å². The van der Waals surface area contributed by atoms with Gasteiger partial charge in [0.05, 0.1) is 6.61 Å². The summed E-state index contributed by atoms with van der Waals surface area (Å²) in [5.41, 5.74) is 0. The Labute approximate surface area is 53.7 Å². The number of carbonyl (C=O) groups excluding carboxylic acids is 1. The first-order valence-electron chi connectivity index (χ1n) is 1.90. The second-order valence-electron chi connectivity index (χ2n) is 0.925. The smallest absolute Gasteiger partial charge is 0.302 e. The van der Waals surface area contributed by atoms with Gasteiger partial charge in [0.15, 0.2) is 0 Å². The van der Waals surface area contributed by atoms with Crippen molar-refractivity contribution in [3.8, 4) is 0 Å². The molecule has 0 saturated carbocycles. The molecule has 0 aliphatic rings. The van der Waals surface area contributed by atoms with Crippen molar-refractivity contribution in [1.29, 1.82) is 0 Å². The zero-order valence-corrected chi connectivity index (χ0v) is 6.14. The van der Waals surface area contributed by atoms with Crippen LogP contribution in [0.25, 0.3) is 0 Å². The second kappa shape index (κ2) is 5.99. The molecule has 0 bridgehead atoms. The number of hydrogen-bond acceptors (Lipinski definition) is 2. The number of carbonyl (C=O) groups is 1. The van der Waals surface area contributed by atoms with E-state index in [0.717, 1.165) is 0 Å². The fourth-order valence-corrected chi connectivity index (χ4v) is 0.203. The van der Waals surface area contributed by atoms with Gasteiger partial charge >= 0.3 is 5.97 Å². The maximum Gasteiger partial charge on any atom is 0.302 e. The Morgan fingerprint density at radius 3 is 2.14 bits per heavy atom. The van der Waals surface area contributed by atoms with Crippen LogP contribution in [0.3, 0.4) is 0 Å². The van der Waals surface area contributed by atoms with E-state index in [4.69, 9.17) is 0 Å². The molecule has 7 heavy (non-hydrogen) atoms. The molecule has 0 aromatic heterocycles. The van der Waals surface area contributed by atoms with E-state index >= 15 is 0 Å². The molecule has 3 heteroatoms. The summed E-state index contributed by atoms with van der Waals surface area (Å²) in [6.45, 7) is 3.65. The third kappa shape index (κ3) is 10.7. The Kier molecular flexibility index (Phi) is 8.62. The first-order chi connectivity index (χ1) is 2.77. The zero-order valence-electron chi connectivity index (χ0n) is 4.43. The number of hydrogen-bond donors (Lipinski definition) is 0. The van der Waals surface area contributed by atoms with Crippen molar-refractivity contribution in [2.45, 2.75) is 13.8 Å². The third-order valence-electron chi connectivity index (χ3n) is 0.348. The molecule has 0 N–H and O–H groups in total. The number of ether oxygens (including phenoxy) is 1. The fourth-order valence-electron chi connectivity index (χ4n) is 0.203. The summed E-state index contributed by atoms with van der Waals surface area (Å²) in [7, 11) is 0. The van der Waals surface area contributed by atoms with Crippen molar-refractivity contribution in [3.05, 3.63) is 0 Å². The topological polar surface area (TPSA) is 26.3 Å². The van der Waals surface area contributed by atoms with Gasteiger partial charge in [-0.15, -0.1) is 0 Å². The Bertz CT molecular complexity index is 53.7. The van der Waals surface area contributed by atoms with E-state index < -0.39 is 0 Å². The molecule has 0 aromatic rings. The van der Waals surface area contributed by atoms with Crippen molar-refractivity contribution in [3.63, 3.8) is 0 Å². The second-order valence-corrected chi connectivity index (χ2v) is 0.925. The van der Waals surface area contributed by atoms with Crippen molar-refractivity contribution in [2.75, 3.05) is 6.61 Å². The van der Waals surface area contributed by atoms with Crippen LogP contribution in [-0.4, -0.2) is 29.6 Å². The van der Waals surface area contributed by atoms with E-state index in [1.165, 1.54) is 6.92 Å². The molecular formula is C4H8O2Se. The van der Waals surface area contributed by atoms with Crippen LogP contribution < -0.4 is 0 Å². The molecule has 0 unspecified atom stereocenters. The minimum Gasteiger partial charge on any atom is -0.466 e. The summed E-state index contributed by atoms with van der Waals surface area (Å²) >= 11 is 0. The predicted octanol–water partition coefficient (Wildman–Crippen LogP) is 0.189. The fraction of sp³-hybridized carbons (Fsp3) is 0.750. The van der Waals surface area contributed by atoms with Crippen LogP contribution in [0.2, 0.25) is 0 Å². The van der Waals surface area contributed by atoms with Gasteiger partial charge in [-0.2, -0.15) is 0 Å². The molecule has 0 saturated heterocycles. The van der Waals surface area contributed by atoms with Gasteiger partial charge in [0.25, 0.3) is 0 Å². The molecule has 0 fully saturated rings. The van der Waals surface area contributed by atoms with Gasteiger partial charge in [-0.1, -0.05) is 0 Å². The van der Waals surface area contributed by atoms with Gasteiger partial charge in [0, 0.05) is 24.0 Å². The number of rotatable bonds is 1. The van der Waals surface area contributed by atoms with E-state index in [2.05, 4.69) is 4.74 Å². The summed E-state index contributed by atoms with van der Waals surface area (Å²) < 4.78 is 4.40. The summed E-state index contributed by atoms with van der Waals surface area (Å²) in [6.07, 6.45) is 0. The molecule has 2 nitrogen and oxygen atoms in total. The normalized spacial score (nSPS) is 6.57. The van der Waals surface area contributed by atoms with Gasteiger partial charge in [-0.25, -0.2) is 0 Å². The van der Waals surface area contributed by atoms with E-state index in [-0.39, 0.29) is 23.0 Å². The maximum atomic E-state index is 9.82. The Hall–Kier alpha value is -0.0105. The molecule has 0 atom stereocenters. The minimum absolute atomic E-state index is 0.